The normalized spacial score (nSPS) is 11.0. The van der Waals surface area contributed by atoms with E-state index in [1.807, 2.05) is 5.38 Å². The van der Waals surface area contributed by atoms with Gasteiger partial charge in [0.1, 0.15) is 0 Å². The van der Waals surface area contributed by atoms with Crippen LogP contribution < -0.4 is 0 Å². The monoisotopic (exact) mass is 218 g/mol. The summed E-state index contributed by atoms with van der Waals surface area (Å²) in [6, 6.07) is 2.39. The number of benzene rings is 1. The molecule has 2 aromatic rings. The quantitative estimate of drug-likeness (QED) is 0.637. The van der Waals surface area contributed by atoms with Crippen LogP contribution in [0.25, 0.3) is 10.1 Å². The first-order valence-electron chi connectivity index (χ1n) is 3.63. The predicted octanol–water partition coefficient (Wildman–Crippen LogP) is 3.92. The molecule has 0 aliphatic rings. The van der Waals surface area contributed by atoms with Gasteiger partial charge in [0, 0.05) is 10.6 Å². The highest BCUT2D eigenvalue weighted by Gasteiger charge is 2.08. The van der Waals surface area contributed by atoms with Gasteiger partial charge in [-0.3, -0.25) is 0 Å². The number of alkyl halides is 1. The van der Waals surface area contributed by atoms with Crippen LogP contribution in [0.4, 0.5) is 8.78 Å². The first-order chi connectivity index (χ1) is 6.22. The Bertz CT molecular complexity index is 450. The van der Waals surface area contributed by atoms with Gasteiger partial charge < -0.3 is 0 Å². The van der Waals surface area contributed by atoms with Crippen LogP contribution in [0.5, 0.6) is 0 Å². The molecule has 13 heavy (non-hydrogen) atoms. The number of rotatable bonds is 1. The summed E-state index contributed by atoms with van der Waals surface area (Å²) in [5.74, 6) is -1.31. The summed E-state index contributed by atoms with van der Waals surface area (Å²) in [6.07, 6.45) is 0. The summed E-state index contributed by atoms with van der Waals surface area (Å²) in [5.41, 5.74) is 0.848. The highest BCUT2D eigenvalue weighted by atomic mass is 35.5. The summed E-state index contributed by atoms with van der Waals surface area (Å²) in [6.45, 7) is 0. The molecule has 0 radical (unpaired) electrons. The molecule has 0 aliphatic heterocycles. The van der Waals surface area contributed by atoms with Crippen LogP contribution in [0.15, 0.2) is 17.5 Å². The van der Waals surface area contributed by atoms with E-state index in [0.717, 1.165) is 10.3 Å². The van der Waals surface area contributed by atoms with Crippen molar-refractivity contribution < 1.29 is 8.78 Å². The lowest BCUT2D eigenvalue weighted by molar-refractivity contribution is 0.511. The molecule has 1 aromatic heterocycles. The van der Waals surface area contributed by atoms with Crippen LogP contribution in [0, 0.1) is 11.6 Å². The Morgan fingerprint density at radius 2 is 1.92 bits per heavy atom. The molecule has 0 spiro atoms. The van der Waals surface area contributed by atoms with Crippen LogP contribution in [0.2, 0.25) is 0 Å². The standard InChI is InChI=1S/C9H5ClF2S/c10-3-5-4-13-9-2-8(12)7(11)1-6(5)9/h1-2,4H,3H2. The van der Waals surface area contributed by atoms with E-state index in [1.165, 1.54) is 23.5 Å². The topological polar surface area (TPSA) is 0 Å². The average Bonchev–Trinajstić information content (AvgIpc) is 2.48. The zero-order valence-corrected chi connectivity index (χ0v) is 8.05. The van der Waals surface area contributed by atoms with Gasteiger partial charge in [0.2, 0.25) is 0 Å². The highest BCUT2D eigenvalue weighted by molar-refractivity contribution is 7.17. The molecule has 0 fully saturated rings. The smallest absolute Gasteiger partial charge is 0.160 e. The first kappa shape index (κ1) is 8.91. The van der Waals surface area contributed by atoms with E-state index in [-0.39, 0.29) is 0 Å². The molecule has 0 atom stereocenters. The van der Waals surface area contributed by atoms with E-state index in [1.54, 1.807) is 0 Å². The van der Waals surface area contributed by atoms with Crippen LogP contribution in [-0.4, -0.2) is 0 Å². The lowest BCUT2D eigenvalue weighted by Gasteiger charge is -1.95. The van der Waals surface area contributed by atoms with Crippen LogP contribution >= 0.6 is 22.9 Å². The van der Waals surface area contributed by atoms with Gasteiger partial charge in [0.15, 0.2) is 11.6 Å². The van der Waals surface area contributed by atoms with Crippen LogP contribution in [-0.2, 0) is 5.88 Å². The van der Waals surface area contributed by atoms with E-state index in [0.29, 0.717) is 11.3 Å². The summed E-state index contributed by atoms with van der Waals surface area (Å²) in [5, 5.41) is 2.52. The predicted molar refractivity (Wildman–Crippen MR) is 51.3 cm³/mol. The molecule has 0 N–H and O–H groups in total. The Morgan fingerprint density at radius 1 is 1.23 bits per heavy atom. The summed E-state index contributed by atoms with van der Waals surface area (Å²) in [4.78, 5) is 0. The molecule has 4 heteroatoms. The van der Waals surface area contributed by atoms with Crippen molar-refractivity contribution in [2.45, 2.75) is 5.88 Å². The maximum absolute atomic E-state index is 12.8. The van der Waals surface area contributed by atoms with Crippen molar-refractivity contribution in [1.29, 1.82) is 0 Å². The minimum absolute atomic E-state index is 0.324. The highest BCUT2D eigenvalue weighted by Crippen LogP contribution is 2.28. The minimum Gasteiger partial charge on any atom is -0.204 e. The summed E-state index contributed by atoms with van der Waals surface area (Å²) >= 11 is 7.00. The molecular weight excluding hydrogens is 214 g/mol. The summed E-state index contributed by atoms with van der Waals surface area (Å²) in [7, 11) is 0. The Hall–Kier alpha value is -0.670. The Balaban J connectivity index is 2.77. The van der Waals surface area contributed by atoms with Gasteiger partial charge in [0.05, 0.1) is 0 Å². The van der Waals surface area contributed by atoms with Gasteiger partial charge in [-0.05, 0) is 28.5 Å². The number of halogens is 3. The van der Waals surface area contributed by atoms with Crippen molar-refractivity contribution in [2.75, 3.05) is 0 Å². The van der Waals surface area contributed by atoms with Crippen molar-refractivity contribution in [3.63, 3.8) is 0 Å². The fourth-order valence-corrected chi connectivity index (χ4v) is 2.46. The van der Waals surface area contributed by atoms with Crippen molar-refractivity contribution in [1.82, 2.24) is 0 Å². The fraction of sp³-hybridized carbons (Fsp3) is 0.111. The second-order valence-corrected chi connectivity index (χ2v) is 3.84. The SMILES string of the molecule is Fc1cc2scc(CCl)c2cc1F. The van der Waals surface area contributed by atoms with Gasteiger partial charge in [0.25, 0.3) is 0 Å². The van der Waals surface area contributed by atoms with Crippen molar-refractivity contribution in [3.05, 3.63) is 34.7 Å². The van der Waals surface area contributed by atoms with E-state index < -0.39 is 11.6 Å². The number of fused-ring (bicyclic) bond motifs is 1. The Labute approximate surface area is 82.8 Å². The molecule has 2 rings (SSSR count). The van der Waals surface area contributed by atoms with Gasteiger partial charge in [-0.15, -0.1) is 22.9 Å². The molecular formula is C9H5ClF2S. The van der Waals surface area contributed by atoms with Crippen LogP contribution in [0.1, 0.15) is 5.56 Å². The van der Waals surface area contributed by atoms with Crippen molar-refractivity contribution >= 4 is 33.0 Å². The van der Waals surface area contributed by atoms with Crippen molar-refractivity contribution in [3.8, 4) is 0 Å². The second kappa shape index (κ2) is 3.24. The van der Waals surface area contributed by atoms with E-state index in [2.05, 4.69) is 0 Å². The van der Waals surface area contributed by atoms with E-state index >= 15 is 0 Å². The number of hydrogen-bond donors (Lipinski definition) is 0. The van der Waals surface area contributed by atoms with Gasteiger partial charge in [-0.25, -0.2) is 8.78 Å². The minimum atomic E-state index is -0.822. The Kier molecular flexibility index (Phi) is 2.22. The van der Waals surface area contributed by atoms with Gasteiger partial charge >= 0.3 is 0 Å². The van der Waals surface area contributed by atoms with Crippen molar-refractivity contribution in [2.24, 2.45) is 0 Å². The first-order valence-corrected chi connectivity index (χ1v) is 5.05. The average molecular weight is 219 g/mol. The molecule has 1 heterocycles. The molecule has 0 amide bonds. The number of hydrogen-bond acceptors (Lipinski definition) is 1. The fourth-order valence-electron chi connectivity index (χ4n) is 1.18. The largest absolute Gasteiger partial charge is 0.204 e. The molecule has 0 saturated heterocycles. The second-order valence-electron chi connectivity index (χ2n) is 2.66. The third-order valence-electron chi connectivity index (χ3n) is 1.84. The molecule has 0 bridgehead atoms. The molecule has 1 aromatic carbocycles. The van der Waals surface area contributed by atoms with E-state index in [4.69, 9.17) is 11.6 Å². The summed E-state index contributed by atoms with van der Waals surface area (Å²) < 4.78 is 26.3. The molecule has 0 unspecified atom stereocenters. The lowest BCUT2D eigenvalue weighted by atomic mass is 10.2. The molecule has 0 aliphatic carbocycles. The zero-order valence-electron chi connectivity index (χ0n) is 6.48. The van der Waals surface area contributed by atoms with Gasteiger partial charge in [-0.1, -0.05) is 0 Å². The maximum atomic E-state index is 12.8. The molecule has 0 nitrogen and oxygen atoms in total. The molecule has 0 saturated carbocycles. The number of thiophene rings is 1. The van der Waals surface area contributed by atoms with Crippen LogP contribution in [0.3, 0.4) is 0 Å². The molecule has 68 valence electrons. The zero-order chi connectivity index (χ0) is 9.42. The van der Waals surface area contributed by atoms with E-state index in [9.17, 15) is 8.78 Å². The Morgan fingerprint density at radius 3 is 2.62 bits per heavy atom. The maximum Gasteiger partial charge on any atom is 0.160 e. The third kappa shape index (κ3) is 1.42. The van der Waals surface area contributed by atoms with Gasteiger partial charge in [-0.2, -0.15) is 0 Å². The lowest BCUT2D eigenvalue weighted by Crippen LogP contribution is -1.82. The third-order valence-corrected chi connectivity index (χ3v) is 3.12.